The summed E-state index contributed by atoms with van der Waals surface area (Å²) in [6.45, 7) is 1.39. The van der Waals surface area contributed by atoms with E-state index in [1.807, 2.05) is 0 Å². The summed E-state index contributed by atoms with van der Waals surface area (Å²) >= 11 is 0. The monoisotopic (exact) mass is 242 g/mol. The summed E-state index contributed by atoms with van der Waals surface area (Å²) in [4.78, 5) is 11.4. The molecular weight excluding hydrogens is 230 g/mol. The Morgan fingerprint density at radius 3 is 2.94 bits per heavy atom. The molecule has 2 N–H and O–H groups in total. The third-order valence-electron chi connectivity index (χ3n) is 2.46. The number of anilines is 1. The van der Waals surface area contributed by atoms with E-state index in [0.717, 1.165) is 25.1 Å². The van der Waals surface area contributed by atoms with Gasteiger partial charge in [-0.3, -0.25) is 5.32 Å². The summed E-state index contributed by atoms with van der Waals surface area (Å²) in [5.41, 5.74) is -0.0950. The molecule has 0 bridgehead atoms. The van der Waals surface area contributed by atoms with Gasteiger partial charge in [0, 0.05) is 12.6 Å². The first-order chi connectivity index (χ1) is 8.15. The van der Waals surface area contributed by atoms with Gasteiger partial charge in [0.1, 0.15) is 17.7 Å². The Morgan fingerprint density at radius 2 is 2.29 bits per heavy atom. The molecule has 1 aliphatic heterocycles. The van der Waals surface area contributed by atoms with E-state index >= 15 is 0 Å². The van der Waals surface area contributed by atoms with Crippen molar-refractivity contribution in [3.8, 4) is 0 Å². The average molecular weight is 242 g/mol. The Hall–Kier alpha value is -1.69. The van der Waals surface area contributed by atoms with Crippen LogP contribution in [0.5, 0.6) is 0 Å². The van der Waals surface area contributed by atoms with Crippen LogP contribution in [0.1, 0.15) is 6.42 Å². The summed E-state index contributed by atoms with van der Waals surface area (Å²) < 4.78 is 30.8. The van der Waals surface area contributed by atoms with Crippen molar-refractivity contribution in [2.45, 2.75) is 12.5 Å². The first-order valence-electron chi connectivity index (χ1n) is 5.28. The van der Waals surface area contributed by atoms with Crippen molar-refractivity contribution < 1.29 is 18.3 Å². The fourth-order valence-electron chi connectivity index (χ4n) is 1.61. The SMILES string of the molecule is O=C(Nc1ccc(F)cc1F)OC1CCNC1. The number of ether oxygens (including phenoxy) is 1. The normalized spacial score (nSPS) is 19.1. The van der Waals surface area contributed by atoms with E-state index in [1.54, 1.807) is 0 Å². The zero-order valence-corrected chi connectivity index (χ0v) is 9.00. The minimum atomic E-state index is -0.827. The van der Waals surface area contributed by atoms with Gasteiger partial charge >= 0.3 is 6.09 Å². The summed E-state index contributed by atoms with van der Waals surface area (Å²) in [5.74, 6) is -1.52. The van der Waals surface area contributed by atoms with Crippen molar-refractivity contribution in [3.63, 3.8) is 0 Å². The van der Waals surface area contributed by atoms with Gasteiger partial charge in [0.2, 0.25) is 0 Å². The minimum absolute atomic E-state index is 0.0950. The van der Waals surface area contributed by atoms with Gasteiger partial charge in [-0.2, -0.15) is 0 Å². The van der Waals surface area contributed by atoms with E-state index in [1.165, 1.54) is 0 Å². The lowest BCUT2D eigenvalue weighted by Crippen LogP contribution is -2.24. The van der Waals surface area contributed by atoms with Gasteiger partial charge in [0.15, 0.2) is 0 Å². The van der Waals surface area contributed by atoms with Crippen LogP contribution >= 0.6 is 0 Å². The molecule has 2 rings (SSSR count). The predicted octanol–water partition coefficient (Wildman–Crippen LogP) is 1.88. The molecule has 17 heavy (non-hydrogen) atoms. The Labute approximate surface area is 97.0 Å². The van der Waals surface area contributed by atoms with E-state index in [2.05, 4.69) is 10.6 Å². The van der Waals surface area contributed by atoms with Crippen molar-refractivity contribution in [1.82, 2.24) is 5.32 Å². The van der Waals surface area contributed by atoms with Gasteiger partial charge in [0.25, 0.3) is 0 Å². The highest BCUT2D eigenvalue weighted by Gasteiger charge is 2.19. The first kappa shape index (κ1) is 11.8. The van der Waals surface area contributed by atoms with Gasteiger partial charge in [-0.05, 0) is 25.1 Å². The van der Waals surface area contributed by atoms with Crippen LogP contribution in [0.2, 0.25) is 0 Å². The number of benzene rings is 1. The fourth-order valence-corrected chi connectivity index (χ4v) is 1.61. The third kappa shape index (κ3) is 3.13. The van der Waals surface area contributed by atoms with Crippen LogP contribution in [0.25, 0.3) is 0 Å². The molecule has 1 amide bonds. The summed E-state index contributed by atoms with van der Waals surface area (Å²) in [5, 5.41) is 5.27. The number of hydrogen-bond acceptors (Lipinski definition) is 3. The van der Waals surface area contributed by atoms with Crippen LogP contribution in [0, 0.1) is 11.6 Å². The molecule has 1 saturated heterocycles. The Morgan fingerprint density at radius 1 is 1.47 bits per heavy atom. The summed E-state index contributed by atoms with van der Waals surface area (Å²) in [6, 6.07) is 2.92. The molecule has 1 atom stereocenters. The quantitative estimate of drug-likeness (QED) is 0.832. The number of nitrogens with one attached hydrogen (secondary N) is 2. The van der Waals surface area contributed by atoms with E-state index in [4.69, 9.17) is 4.74 Å². The molecule has 1 heterocycles. The number of rotatable bonds is 2. The van der Waals surface area contributed by atoms with Crippen molar-refractivity contribution in [2.75, 3.05) is 18.4 Å². The molecule has 0 radical (unpaired) electrons. The molecule has 1 fully saturated rings. The first-order valence-corrected chi connectivity index (χ1v) is 5.28. The Balaban J connectivity index is 1.93. The van der Waals surface area contributed by atoms with Gasteiger partial charge in [-0.25, -0.2) is 13.6 Å². The van der Waals surface area contributed by atoms with Gasteiger partial charge in [0.05, 0.1) is 5.69 Å². The van der Waals surface area contributed by atoms with Crippen LogP contribution in [0.15, 0.2) is 18.2 Å². The van der Waals surface area contributed by atoms with Crippen LogP contribution in [-0.4, -0.2) is 25.3 Å². The molecular formula is C11H12F2N2O2. The third-order valence-corrected chi connectivity index (χ3v) is 2.46. The second-order valence-corrected chi connectivity index (χ2v) is 3.77. The van der Waals surface area contributed by atoms with E-state index < -0.39 is 17.7 Å². The van der Waals surface area contributed by atoms with Crippen molar-refractivity contribution >= 4 is 11.8 Å². The lowest BCUT2D eigenvalue weighted by Gasteiger charge is -2.12. The smallest absolute Gasteiger partial charge is 0.412 e. The maximum absolute atomic E-state index is 13.2. The summed E-state index contributed by atoms with van der Waals surface area (Å²) in [7, 11) is 0. The van der Waals surface area contributed by atoms with Crippen molar-refractivity contribution in [3.05, 3.63) is 29.8 Å². The second kappa shape index (κ2) is 5.09. The molecule has 1 aromatic rings. The zero-order chi connectivity index (χ0) is 12.3. The van der Waals surface area contributed by atoms with Crippen molar-refractivity contribution in [2.24, 2.45) is 0 Å². The molecule has 1 aromatic carbocycles. The minimum Gasteiger partial charge on any atom is -0.445 e. The van der Waals surface area contributed by atoms with Crippen LogP contribution < -0.4 is 10.6 Å². The molecule has 0 aromatic heterocycles. The number of carbonyl (C=O) groups excluding carboxylic acids is 1. The Bertz CT molecular complexity index is 420. The number of amides is 1. The molecule has 0 spiro atoms. The van der Waals surface area contributed by atoms with Crippen LogP contribution in [-0.2, 0) is 4.74 Å². The largest absolute Gasteiger partial charge is 0.445 e. The van der Waals surface area contributed by atoms with E-state index in [0.29, 0.717) is 12.6 Å². The second-order valence-electron chi connectivity index (χ2n) is 3.77. The van der Waals surface area contributed by atoms with Gasteiger partial charge in [-0.15, -0.1) is 0 Å². The molecule has 6 heteroatoms. The van der Waals surface area contributed by atoms with Gasteiger partial charge < -0.3 is 10.1 Å². The van der Waals surface area contributed by atoms with Crippen LogP contribution in [0.3, 0.4) is 0 Å². The molecule has 0 aliphatic carbocycles. The predicted molar refractivity (Wildman–Crippen MR) is 57.7 cm³/mol. The zero-order valence-electron chi connectivity index (χ0n) is 9.00. The molecule has 1 aliphatic rings. The van der Waals surface area contributed by atoms with E-state index in [-0.39, 0.29) is 11.8 Å². The highest BCUT2D eigenvalue weighted by atomic mass is 19.1. The summed E-state index contributed by atoms with van der Waals surface area (Å²) in [6.07, 6.45) is -0.193. The highest BCUT2D eigenvalue weighted by Crippen LogP contribution is 2.15. The average Bonchev–Trinajstić information content (AvgIpc) is 2.75. The number of halogens is 2. The Kier molecular flexibility index (Phi) is 3.53. The maximum atomic E-state index is 13.2. The topological polar surface area (TPSA) is 50.4 Å². The molecule has 4 nitrogen and oxygen atoms in total. The standard InChI is InChI=1S/C11H12F2N2O2/c12-7-1-2-10(9(13)5-7)15-11(16)17-8-3-4-14-6-8/h1-2,5,8,14H,3-4,6H2,(H,15,16). The molecule has 92 valence electrons. The molecule has 1 unspecified atom stereocenters. The van der Waals surface area contributed by atoms with E-state index in [9.17, 15) is 13.6 Å². The van der Waals surface area contributed by atoms with Gasteiger partial charge in [-0.1, -0.05) is 0 Å². The number of carbonyl (C=O) groups is 1. The van der Waals surface area contributed by atoms with Crippen LogP contribution in [0.4, 0.5) is 19.3 Å². The van der Waals surface area contributed by atoms with Crippen molar-refractivity contribution in [1.29, 1.82) is 0 Å². The number of hydrogen-bond donors (Lipinski definition) is 2. The fraction of sp³-hybridized carbons (Fsp3) is 0.364. The molecule has 0 saturated carbocycles. The lowest BCUT2D eigenvalue weighted by atomic mass is 10.3. The highest BCUT2D eigenvalue weighted by molar-refractivity contribution is 5.84. The lowest BCUT2D eigenvalue weighted by molar-refractivity contribution is 0.121. The maximum Gasteiger partial charge on any atom is 0.412 e.